The van der Waals surface area contributed by atoms with Gasteiger partial charge in [-0.15, -0.1) is 0 Å². The van der Waals surface area contributed by atoms with Gasteiger partial charge in [0.25, 0.3) is 0 Å². The number of hydrogen-bond donors (Lipinski definition) is 1. The second-order valence-electron chi connectivity index (χ2n) is 9.40. The molecule has 0 aliphatic carbocycles. The van der Waals surface area contributed by atoms with Crippen LogP contribution in [0, 0.1) is 0 Å². The predicted molar refractivity (Wildman–Crippen MR) is 162 cm³/mol. The largest absolute Gasteiger partial charge is 0.545 e. The zero-order valence-corrected chi connectivity index (χ0v) is 25.6. The molecule has 4 nitrogen and oxygen atoms in total. The van der Waals surface area contributed by atoms with E-state index in [0.29, 0.717) is 9.79 Å². The van der Waals surface area contributed by atoms with Crippen LogP contribution in [0.5, 0.6) is 0 Å². The van der Waals surface area contributed by atoms with Crippen molar-refractivity contribution >= 4 is 40.8 Å². The van der Waals surface area contributed by atoms with E-state index in [4.69, 9.17) is 5.11 Å². The van der Waals surface area contributed by atoms with Crippen molar-refractivity contribution in [2.75, 3.05) is 24.6 Å². The number of aromatic carboxylic acids is 2. The monoisotopic (exact) mass is 564 g/mol. The number of hydrogen-bond acceptors (Lipinski definition) is 5. The van der Waals surface area contributed by atoms with Crippen LogP contribution in [0.25, 0.3) is 0 Å². The highest BCUT2D eigenvalue weighted by molar-refractivity contribution is 8.76. The van der Waals surface area contributed by atoms with Crippen molar-refractivity contribution in [1.82, 2.24) is 0 Å². The summed E-state index contributed by atoms with van der Waals surface area (Å²) in [6.07, 6.45) is 17.9. The maximum atomic E-state index is 11.1. The third kappa shape index (κ3) is 12.7. The second kappa shape index (κ2) is 19.6. The van der Waals surface area contributed by atoms with Crippen LogP contribution in [-0.2, 0) is 0 Å². The molecule has 0 aromatic heterocycles. The van der Waals surface area contributed by atoms with Crippen LogP contribution >= 0.6 is 28.9 Å². The van der Waals surface area contributed by atoms with Gasteiger partial charge in [0.15, 0.2) is 0 Å². The molecule has 0 amide bonds. The fourth-order valence-corrected chi connectivity index (χ4v) is 11.8. The molecule has 37 heavy (non-hydrogen) atoms. The van der Waals surface area contributed by atoms with Crippen LogP contribution in [0.15, 0.2) is 58.3 Å². The smallest absolute Gasteiger partial charge is 0.336 e. The van der Waals surface area contributed by atoms with Crippen molar-refractivity contribution in [3.05, 3.63) is 59.7 Å². The summed E-state index contributed by atoms with van der Waals surface area (Å²) in [5.41, 5.74) is 0.286. The number of benzene rings is 2. The third-order valence-electron chi connectivity index (χ3n) is 6.39. The molecule has 0 radical (unpaired) electrons. The molecule has 1 N–H and O–H groups in total. The van der Waals surface area contributed by atoms with Gasteiger partial charge in [0, 0.05) is 22.6 Å². The number of carbonyl (C=O) groups excluding carboxylic acids is 1. The quantitative estimate of drug-likeness (QED) is 0.153. The summed E-state index contributed by atoms with van der Waals surface area (Å²) in [6, 6.07) is 13.0. The molecule has 0 aliphatic heterocycles. The van der Waals surface area contributed by atoms with Gasteiger partial charge in [0.05, 0.1) is 36.2 Å². The van der Waals surface area contributed by atoms with Crippen molar-refractivity contribution < 1.29 is 19.8 Å². The van der Waals surface area contributed by atoms with E-state index in [1.54, 1.807) is 61.0 Å². The summed E-state index contributed by atoms with van der Waals surface area (Å²) >= 11 is 0. The Kier molecular flexibility index (Phi) is 17.7. The van der Waals surface area contributed by atoms with E-state index in [1.807, 2.05) is 0 Å². The minimum Gasteiger partial charge on any atom is -0.545 e. The molecule has 0 unspecified atom stereocenters. The summed E-state index contributed by atoms with van der Waals surface area (Å²) in [5, 5.41) is 20.1. The minimum absolute atomic E-state index is 0.0952. The average Bonchev–Trinajstić information content (AvgIpc) is 2.91. The van der Waals surface area contributed by atoms with Crippen LogP contribution in [-0.4, -0.2) is 41.7 Å². The molecule has 0 heterocycles. The van der Waals surface area contributed by atoms with Crippen LogP contribution in [0.1, 0.15) is 99.8 Å². The van der Waals surface area contributed by atoms with Gasteiger partial charge in [-0.25, -0.2) is 4.79 Å². The fourth-order valence-electron chi connectivity index (χ4n) is 4.16. The highest BCUT2D eigenvalue weighted by atomic mass is 33.1. The van der Waals surface area contributed by atoms with Crippen molar-refractivity contribution in [1.29, 1.82) is 0 Å². The zero-order chi connectivity index (χ0) is 27.5. The van der Waals surface area contributed by atoms with E-state index in [9.17, 15) is 14.7 Å². The van der Waals surface area contributed by atoms with E-state index in [2.05, 4.69) is 27.7 Å². The number of rotatable bonds is 17. The van der Waals surface area contributed by atoms with E-state index >= 15 is 0 Å². The highest BCUT2D eigenvalue weighted by Crippen LogP contribution is 2.61. The maximum absolute atomic E-state index is 11.1. The molecule has 206 valence electrons. The first-order chi connectivity index (χ1) is 17.8. The lowest BCUT2D eigenvalue weighted by molar-refractivity contribution is -0.255. The molecule has 0 aliphatic rings. The molecule has 2 rings (SSSR count). The first kappa shape index (κ1) is 33.5. The topological polar surface area (TPSA) is 77.4 Å². The van der Waals surface area contributed by atoms with E-state index < -0.39 is 19.2 Å². The average molecular weight is 565 g/mol. The molecule has 2 aromatic carbocycles. The van der Waals surface area contributed by atoms with Gasteiger partial charge in [-0.3, -0.25) is 0 Å². The molecule has 7 heteroatoms. The Morgan fingerprint density at radius 3 is 1.38 bits per heavy atom. The van der Waals surface area contributed by atoms with Crippen LogP contribution < -0.4 is 5.11 Å². The third-order valence-corrected chi connectivity index (χ3v) is 13.9. The molecule has 0 spiro atoms. The first-order valence-corrected chi connectivity index (χ1v) is 18.3. The molecule has 0 atom stereocenters. The van der Waals surface area contributed by atoms with E-state index in [0.717, 1.165) is 0 Å². The molecule has 0 fully saturated rings. The Balaban J connectivity index is 0.000000377. The van der Waals surface area contributed by atoms with Gasteiger partial charge in [0.1, 0.15) is 0 Å². The van der Waals surface area contributed by atoms with Crippen LogP contribution in [0.3, 0.4) is 0 Å². The number of carboxylic acid groups (broad SMARTS) is 2. The van der Waals surface area contributed by atoms with E-state index in [1.165, 1.54) is 85.1 Å². The standard InChI is InChI=1S/C16H36P.C14H10O4S2/c1-5-9-13-17(14-10-6-2,15-11-7-3)16-12-8-4;15-13(16)9-5-1-3-7-11(9)19-20-12-8-4-2-6-10(12)14(17)18/h5-16H2,1-4H3;1-8H,(H,15,16)(H,17,18)/q+1;/p-1. The summed E-state index contributed by atoms with van der Waals surface area (Å²) < 4.78 is 0. The van der Waals surface area contributed by atoms with Gasteiger partial charge in [-0.1, -0.05) is 105 Å². The highest BCUT2D eigenvalue weighted by Gasteiger charge is 2.34. The summed E-state index contributed by atoms with van der Waals surface area (Å²) in [4.78, 5) is 23.2. The van der Waals surface area contributed by atoms with Crippen molar-refractivity contribution in [2.45, 2.75) is 88.9 Å². The Labute approximate surface area is 233 Å². The van der Waals surface area contributed by atoms with Crippen LogP contribution in [0.2, 0.25) is 0 Å². The van der Waals surface area contributed by atoms with E-state index in [-0.39, 0.29) is 11.1 Å². The normalized spacial score (nSPS) is 11.0. The molecule has 2 aromatic rings. The maximum Gasteiger partial charge on any atom is 0.336 e. The van der Waals surface area contributed by atoms with Crippen molar-refractivity contribution in [3.8, 4) is 0 Å². The Morgan fingerprint density at radius 2 is 1.03 bits per heavy atom. The van der Waals surface area contributed by atoms with Crippen LogP contribution in [0.4, 0.5) is 0 Å². The lowest BCUT2D eigenvalue weighted by Gasteiger charge is -2.28. The molecule has 0 saturated heterocycles. The molecule has 0 bridgehead atoms. The Bertz CT molecular complexity index is 840. The zero-order valence-electron chi connectivity index (χ0n) is 23.0. The Hall–Kier alpha value is -1.49. The molecular weight excluding hydrogens is 519 g/mol. The number of carbonyl (C=O) groups is 2. The minimum atomic E-state index is -1.25. The van der Waals surface area contributed by atoms with Gasteiger partial charge < -0.3 is 15.0 Å². The van der Waals surface area contributed by atoms with Gasteiger partial charge >= 0.3 is 5.97 Å². The lowest BCUT2D eigenvalue weighted by Crippen LogP contribution is -2.22. The number of carboxylic acids is 2. The SMILES string of the molecule is CCCC[P+](CCCC)(CCCC)CCCC.O=C([O-])c1ccccc1SSc1ccccc1C(=O)O. The number of unbranched alkanes of at least 4 members (excludes halogenated alkanes) is 4. The summed E-state index contributed by atoms with van der Waals surface area (Å²) in [6.45, 7) is 9.42. The summed E-state index contributed by atoms with van der Waals surface area (Å²) in [5.74, 6) is -2.26. The van der Waals surface area contributed by atoms with Crippen molar-refractivity contribution in [3.63, 3.8) is 0 Å². The van der Waals surface area contributed by atoms with Crippen molar-refractivity contribution in [2.24, 2.45) is 0 Å². The van der Waals surface area contributed by atoms with Gasteiger partial charge in [-0.2, -0.15) is 0 Å². The Morgan fingerprint density at radius 1 is 0.676 bits per heavy atom. The lowest BCUT2D eigenvalue weighted by atomic mass is 10.2. The predicted octanol–water partition coefficient (Wildman–Crippen LogP) is 8.75. The van der Waals surface area contributed by atoms with Gasteiger partial charge in [-0.05, 0) is 43.9 Å². The summed E-state index contributed by atoms with van der Waals surface area (Å²) in [7, 11) is 1.84. The fraction of sp³-hybridized carbons (Fsp3) is 0.533. The molecular formula is C30H45O4PS2. The van der Waals surface area contributed by atoms with Gasteiger partial charge in [0.2, 0.25) is 0 Å². The first-order valence-electron chi connectivity index (χ1n) is 13.7. The second-order valence-corrected chi connectivity index (χ2v) is 16.1. The molecule has 0 saturated carbocycles.